The van der Waals surface area contributed by atoms with Crippen LogP contribution in [0.3, 0.4) is 0 Å². The minimum Gasteiger partial charge on any atom is -0.337 e. The molecule has 63 heavy (non-hydrogen) atoms. The standard InChI is InChI=1S/C20H23N3O.C15H19BrN2O.C5H4N.3C4H9.ClH.Sn/c24-20-19-4-3-17(16-5-8-21-9-6-16)15-18(19)7-12-23(20)14-13-22-10-1-2-11-22;16-13-3-4-14-12(11-13)5-8-18(15(14)19)10-9-17-6-1-2-7-17;1-2-4-6-5-3-1;3*1-3-4-2;;/h3-6,8-9,15H,1-2,7,10-14H2;3-4,11H,1-2,5-10H2;2-5H;3*1,3-4H2,2H3;1H;. The maximum Gasteiger partial charge on any atom is 0.254 e. The fourth-order valence-electron chi connectivity index (χ4n) is 9.79. The molecular weight excluding hydrogens is 975 g/mol. The molecule has 342 valence electrons. The van der Waals surface area contributed by atoms with E-state index in [1.54, 1.807) is 29.3 Å². The van der Waals surface area contributed by atoms with Crippen LogP contribution in [-0.2, 0) is 12.8 Å². The molecule has 11 heteroatoms. The molecule has 6 heterocycles. The molecule has 4 aliphatic heterocycles. The Morgan fingerprint density at radius 1 is 0.540 bits per heavy atom. The summed E-state index contributed by atoms with van der Waals surface area (Å²) in [5.74, 6) is 0.393. The molecule has 0 radical (unpaired) electrons. The van der Waals surface area contributed by atoms with Crippen LogP contribution in [-0.4, -0.2) is 125 Å². The Morgan fingerprint density at radius 2 is 0.984 bits per heavy atom. The van der Waals surface area contributed by atoms with E-state index in [1.807, 2.05) is 52.5 Å². The van der Waals surface area contributed by atoms with E-state index in [9.17, 15) is 9.59 Å². The van der Waals surface area contributed by atoms with Gasteiger partial charge in [0.25, 0.3) is 11.8 Å². The van der Waals surface area contributed by atoms with Crippen molar-refractivity contribution in [3.8, 4) is 11.1 Å². The maximum absolute atomic E-state index is 12.8. The second-order valence-corrected chi connectivity index (χ2v) is 32.1. The Bertz CT molecular complexity index is 1960. The van der Waals surface area contributed by atoms with Crippen LogP contribution in [0.4, 0.5) is 0 Å². The summed E-state index contributed by atoms with van der Waals surface area (Å²) in [7, 11) is 0. The predicted molar refractivity (Wildman–Crippen MR) is 270 cm³/mol. The van der Waals surface area contributed by atoms with Gasteiger partial charge in [-0.05, 0) is 123 Å². The van der Waals surface area contributed by atoms with Crippen molar-refractivity contribution in [1.82, 2.24) is 29.6 Å². The van der Waals surface area contributed by atoms with Gasteiger partial charge in [-0.3, -0.25) is 14.6 Å². The smallest absolute Gasteiger partial charge is 0.254 e. The number of benzene rings is 2. The molecular formula is C52H74BrClN6O2Sn. The number of aromatic nitrogens is 2. The van der Waals surface area contributed by atoms with E-state index in [-0.39, 0.29) is 24.2 Å². The van der Waals surface area contributed by atoms with Gasteiger partial charge in [0.2, 0.25) is 0 Å². The predicted octanol–water partition coefficient (Wildman–Crippen LogP) is 10.9. The van der Waals surface area contributed by atoms with Gasteiger partial charge in [0.15, 0.2) is 0 Å². The van der Waals surface area contributed by atoms with Gasteiger partial charge in [-0.25, -0.2) is 0 Å². The molecule has 0 unspecified atom stereocenters. The molecule has 0 saturated carbocycles. The molecule has 2 aromatic heterocycles. The number of hydrogen-bond donors (Lipinski definition) is 0. The number of fused-ring (bicyclic) bond motifs is 2. The van der Waals surface area contributed by atoms with Crippen LogP contribution >= 0.6 is 28.3 Å². The van der Waals surface area contributed by atoms with E-state index in [4.69, 9.17) is 0 Å². The first-order chi connectivity index (χ1) is 30.3. The summed E-state index contributed by atoms with van der Waals surface area (Å²) in [6, 6.07) is 20.9. The number of carbonyl (C=O) groups is 2. The SMILES string of the molecule is CCC[CH2][Sn]([CH2]CCC)([CH2]CCC)[c]1ccncc1.Cl.O=C1c2ccc(-c3ccncc3)cc2CCN1CCN1CCCC1.O=C1c2ccc(Br)cc2CCN1CCN1CCCC1. The van der Waals surface area contributed by atoms with Gasteiger partial charge < -0.3 is 19.6 Å². The van der Waals surface area contributed by atoms with Gasteiger partial charge in [-0.2, -0.15) is 0 Å². The molecule has 0 bridgehead atoms. The second-order valence-electron chi connectivity index (χ2n) is 17.9. The Morgan fingerprint density at radius 3 is 1.46 bits per heavy atom. The third-order valence-corrected chi connectivity index (χ3v) is 29.8. The Labute approximate surface area is 398 Å². The molecule has 2 amide bonds. The van der Waals surface area contributed by atoms with E-state index < -0.39 is 18.4 Å². The van der Waals surface area contributed by atoms with E-state index in [0.29, 0.717) is 0 Å². The molecule has 0 aliphatic carbocycles. The van der Waals surface area contributed by atoms with Crippen molar-refractivity contribution in [2.75, 3.05) is 65.4 Å². The van der Waals surface area contributed by atoms with E-state index in [2.05, 4.69) is 86.8 Å². The number of rotatable bonds is 17. The Balaban J connectivity index is 0.000000179. The molecule has 2 fully saturated rings. The minimum absolute atomic E-state index is 0. The zero-order chi connectivity index (χ0) is 43.6. The van der Waals surface area contributed by atoms with Crippen molar-refractivity contribution in [3.63, 3.8) is 0 Å². The molecule has 4 aliphatic rings. The molecule has 0 atom stereocenters. The van der Waals surface area contributed by atoms with Crippen LogP contribution in [0.15, 0.2) is 89.9 Å². The fourth-order valence-corrected chi connectivity index (χ4v) is 26.1. The molecule has 4 aromatic rings. The first kappa shape index (κ1) is 51.2. The van der Waals surface area contributed by atoms with Crippen LogP contribution in [0.2, 0.25) is 13.3 Å². The number of nitrogens with zero attached hydrogens (tertiary/aromatic N) is 6. The minimum atomic E-state index is -2.14. The van der Waals surface area contributed by atoms with Gasteiger partial charge in [-0.1, -0.05) is 28.1 Å². The van der Waals surface area contributed by atoms with Crippen LogP contribution in [0.1, 0.15) is 117 Å². The van der Waals surface area contributed by atoms with Gasteiger partial charge in [-0.15, -0.1) is 12.4 Å². The van der Waals surface area contributed by atoms with Crippen molar-refractivity contribution in [2.45, 2.75) is 111 Å². The number of unbranched alkanes of at least 4 members (excludes halogenated alkanes) is 3. The van der Waals surface area contributed by atoms with Gasteiger partial charge in [0, 0.05) is 67.3 Å². The molecule has 2 saturated heterocycles. The van der Waals surface area contributed by atoms with Crippen molar-refractivity contribution in [3.05, 3.63) is 112 Å². The summed E-state index contributed by atoms with van der Waals surface area (Å²) in [4.78, 5) is 42.5. The molecule has 8 nitrogen and oxygen atoms in total. The Hall–Kier alpha value is -2.83. The van der Waals surface area contributed by atoms with E-state index in [0.717, 1.165) is 78.8 Å². The molecule has 0 spiro atoms. The number of amides is 2. The molecule has 2 aromatic carbocycles. The summed E-state index contributed by atoms with van der Waals surface area (Å²) in [5, 5.41) is 0. The van der Waals surface area contributed by atoms with Gasteiger partial charge >= 0.3 is 124 Å². The molecule has 0 N–H and O–H groups in total. The van der Waals surface area contributed by atoms with Crippen molar-refractivity contribution in [1.29, 1.82) is 0 Å². The van der Waals surface area contributed by atoms with E-state index in [1.165, 1.54) is 102 Å². The van der Waals surface area contributed by atoms with Crippen LogP contribution in [0, 0.1) is 0 Å². The van der Waals surface area contributed by atoms with Crippen molar-refractivity contribution in [2.24, 2.45) is 0 Å². The van der Waals surface area contributed by atoms with Crippen LogP contribution < -0.4 is 3.58 Å². The molecule has 8 rings (SSSR count). The van der Waals surface area contributed by atoms with Crippen molar-refractivity contribution >= 4 is 62.1 Å². The average molecular weight is 1050 g/mol. The quantitative estimate of drug-likeness (QED) is 0.0981. The number of halogens is 2. The number of pyridine rings is 2. The van der Waals surface area contributed by atoms with Gasteiger partial charge in [0.1, 0.15) is 0 Å². The van der Waals surface area contributed by atoms with Gasteiger partial charge in [0.05, 0.1) is 0 Å². The fraction of sp³-hybridized carbons (Fsp3) is 0.538. The summed E-state index contributed by atoms with van der Waals surface area (Å²) in [5.41, 5.74) is 6.42. The average Bonchev–Trinajstić information content (AvgIpc) is 4.05. The Kier molecular flexibility index (Phi) is 21.9. The summed E-state index contributed by atoms with van der Waals surface area (Å²) in [6.45, 7) is 17.2. The second kappa shape index (κ2) is 27.0. The summed E-state index contributed by atoms with van der Waals surface area (Å²) < 4.78 is 7.45. The number of hydrogen-bond acceptors (Lipinski definition) is 6. The summed E-state index contributed by atoms with van der Waals surface area (Å²) in [6.07, 6.45) is 23.1. The first-order valence-electron chi connectivity index (χ1n) is 24.1. The summed E-state index contributed by atoms with van der Waals surface area (Å²) >= 11 is 1.33. The maximum atomic E-state index is 12.8. The topological polar surface area (TPSA) is 72.9 Å². The third-order valence-electron chi connectivity index (χ3n) is 13.6. The normalized spacial score (nSPS) is 16.4. The third kappa shape index (κ3) is 14.8. The first-order valence-corrected chi connectivity index (χ1v) is 32.4. The van der Waals surface area contributed by atoms with Crippen LogP contribution in [0.5, 0.6) is 0 Å². The monoisotopic (exact) mass is 1050 g/mol. The zero-order valence-corrected chi connectivity index (χ0v) is 43.8. The number of likely N-dealkylation sites (tertiary alicyclic amines) is 2. The van der Waals surface area contributed by atoms with Crippen LogP contribution in [0.25, 0.3) is 11.1 Å². The van der Waals surface area contributed by atoms with Crippen molar-refractivity contribution < 1.29 is 9.59 Å². The zero-order valence-electron chi connectivity index (χ0n) is 38.5. The number of carbonyl (C=O) groups excluding carboxylic acids is 2. The largest absolute Gasteiger partial charge is 0.337 e. The van der Waals surface area contributed by atoms with E-state index >= 15 is 0 Å².